The molecule has 0 bridgehead atoms. The lowest BCUT2D eigenvalue weighted by Crippen LogP contribution is -2.41. The van der Waals surface area contributed by atoms with Crippen molar-refractivity contribution in [3.05, 3.63) is 35.4 Å². The highest BCUT2D eigenvalue weighted by Gasteiger charge is 2.29. The molecule has 1 amide bonds. The molecule has 0 saturated heterocycles. The average Bonchev–Trinajstić information content (AvgIpc) is 3.21. The zero-order chi connectivity index (χ0) is 14.5. The lowest BCUT2D eigenvalue weighted by molar-refractivity contribution is -0.142. The van der Waals surface area contributed by atoms with E-state index >= 15 is 0 Å². The third kappa shape index (κ3) is 4.68. The van der Waals surface area contributed by atoms with E-state index in [2.05, 4.69) is 5.32 Å². The number of benzene rings is 1. The highest BCUT2D eigenvalue weighted by Crippen LogP contribution is 2.33. The first kappa shape index (κ1) is 14.6. The summed E-state index contributed by atoms with van der Waals surface area (Å²) in [5, 5.41) is 11.7. The number of nitrogens with one attached hydrogen (secondary N) is 1. The van der Waals surface area contributed by atoms with Gasteiger partial charge in [0.25, 0.3) is 0 Å². The van der Waals surface area contributed by atoms with Gasteiger partial charge in [-0.2, -0.15) is 0 Å². The van der Waals surface area contributed by atoms with Gasteiger partial charge >= 0.3 is 5.97 Å². The smallest absolute Gasteiger partial charge is 0.326 e. The summed E-state index contributed by atoms with van der Waals surface area (Å²) < 4.78 is 0. The summed E-state index contributed by atoms with van der Waals surface area (Å²) >= 11 is 0. The number of aryl methyl sites for hydroxylation is 2. The molecular formula is C16H21NO3. The average molecular weight is 275 g/mol. The van der Waals surface area contributed by atoms with Crippen molar-refractivity contribution < 1.29 is 14.7 Å². The molecule has 0 aliphatic heterocycles. The second kappa shape index (κ2) is 6.55. The predicted molar refractivity (Wildman–Crippen MR) is 76.4 cm³/mol. The molecule has 0 radical (unpaired) electrons. The minimum atomic E-state index is -0.930. The third-order valence-electron chi connectivity index (χ3n) is 3.66. The van der Waals surface area contributed by atoms with Gasteiger partial charge in [-0.15, -0.1) is 0 Å². The molecule has 1 aromatic carbocycles. The molecule has 0 heterocycles. The summed E-state index contributed by atoms with van der Waals surface area (Å²) in [7, 11) is 0. The van der Waals surface area contributed by atoms with Crippen LogP contribution in [0.2, 0.25) is 0 Å². The van der Waals surface area contributed by atoms with Gasteiger partial charge in [-0.05, 0) is 31.2 Å². The summed E-state index contributed by atoms with van der Waals surface area (Å²) in [6.45, 7) is 2.02. The number of carboxylic acid groups (broad SMARTS) is 1. The summed E-state index contributed by atoms with van der Waals surface area (Å²) in [6, 6.07) is 7.30. The SMILES string of the molecule is Cc1ccc(CCC(=O)NC(CC2CC2)C(=O)O)cc1. The van der Waals surface area contributed by atoms with Gasteiger partial charge in [-0.1, -0.05) is 42.7 Å². The van der Waals surface area contributed by atoms with Crippen molar-refractivity contribution in [2.45, 2.75) is 45.1 Å². The van der Waals surface area contributed by atoms with Gasteiger partial charge < -0.3 is 10.4 Å². The lowest BCUT2D eigenvalue weighted by atomic mass is 10.1. The number of hydrogen-bond donors (Lipinski definition) is 2. The van der Waals surface area contributed by atoms with Gasteiger partial charge in [-0.3, -0.25) is 4.79 Å². The molecule has 0 spiro atoms. The zero-order valence-electron chi connectivity index (χ0n) is 11.8. The fraction of sp³-hybridized carbons (Fsp3) is 0.500. The third-order valence-corrected chi connectivity index (χ3v) is 3.66. The van der Waals surface area contributed by atoms with E-state index in [4.69, 9.17) is 5.11 Å². The summed E-state index contributed by atoms with van der Waals surface area (Å²) in [6.07, 6.45) is 3.71. The van der Waals surface area contributed by atoms with Crippen molar-refractivity contribution in [1.82, 2.24) is 5.32 Å². The van der Waals surface area contributed by atoms with Crippen molar-refractivity contribution in [2.75, 3.05) is 0 Å². The quantitative estimate of drug-likeness (QED) is 0.802. The molecule has 1 aliphatic carbocycles. The standard InChI is InChI=1S/C16H21NO3/c1-11-2-4-12(5-3-11)8-9-15(18)17-14(16(19)20)10-13-6-7-13/h2-5,13-14H,6-10H2,1H3,(H,17,18)(H,19,20). The normalized spacial score (nSPS) is 15.7. The predicted octanol–water partition coefficient (Wildman–Crippen LogP) is 2.30. The van der Waals surface area contributed by atoms with Crippen LogP contribution in [0, 0.1) is 12.8 Å². The minimum Gasteiger partial charge on any atom is -0.480 e. The van der Waals surface area contributed by atoms with Crippen LogP contribution in [0.5, 0.6) is 0 Å². The Kier molecular flexibility index (Phi) is 4.77. The number of carbonyl (C=O) groups is 2. The van der Waals surface area contributed by atoms with E-state index in [0.29, 0.717) is 25.2 Å². The lowest BCUT2D eigenvalue weighted by Gasteiger charge is -2.14. The van der Waals surface area contributed by atoms with Gasteiger partial charge in [0.1, 0.15) is 6.04 Å². The van der Waals surface area contributed by atoms with Crippen molar-refractivity contribution >= 4 is 11.9 Å². The Labute approximate surface area is 119 Å². The largest absolute Gasteiger partial charge is 0.480 e. The Morgan fingerprint density at radius 2 is 1.95 bits per heavy atom. The summed E-state index contributed by atoms with van der Waals surface area (Å²) in [5.41, 5.74) is 2.29. The maximum atomic E-state index is 11.8. The number of hydrogen-bond acceptors (Lipinski definition) is 2. The summed E-state index contributed by atoms with van der Waals surface area (Å²) in [5.74, 6) is -0.632. The van der Waals surface area contributed by atoms with Crippen LogP contribution in [0.3, 0.4) is 0 Å². The Bertz CT molecular complexity index is 477. The molecule has 1 unspecified atom stereocenters. The van der Waals surface area contributed by atoms with Crippen LogP contribution < -0.4 is 5.32 Å². The molecular weight excluding hydrogens is 254 g/mol. The van der Waals surface area contributed by atoms with Crippen molar-refractivity contribution in [1.29, 1.82) is 0 Å². The molecule has 2 rings (SSSR count). The molecule has 4 heteroatoms. The molecule has 1 atom stereocenters. The van der Waals surface area contributed by atoms with E-state index < -0.39 is 12.0 Å². The maximum absolute atomic E-state index is 11.8. The van der Waals surface area contributed by atoms with E-state index in [1.54, 1.807) is 0 Å². The van der Waals surface area contributed by atoms with Crippen LogP contribution in [0.4, 0.5) is 0 Å². The Morgan fingerprint density at radius 3 is 2.50 bits per heavy atom. The zero-order valence-corrected chi connectivity index (χ0v) is 11.8. The first-order valence-electron chi connectivity index (χ1n) is 7.12. The first-order chi connectivity index (χ1) is 9.54. The molecule has 2 N–H and O–H groups in total. The molecule has 1 aliphatic rings. The molecule has 1 saturated carbocycles. The summed E-state index contributed by atoms with van der Waals surface area (Å²) in [4.78, 5) is 22.9. The minimum absolute atomic E-state index is 0.182. The number of carboxylic acids is 1. The highest BCUT2D eigenvalue weighted by atomic mass is 16.4. The molecule has 4 nitrogen and oxygen atoms in total. The van der Waals surface area contributed by atoms with Crippen molar-refractivity contribution in [3.63, 3.8) is 0 Å². The van der Waals surface area contributed by atoms with E-state index in [9.17, 15) is 9.59 Å². The van der Waals surface area contributed by atoms with Crippen LogP contribution in [-0.4, -0.2) is 23.0 Å². The van der Waals surface area contributed by atoms with Crippen molar-refractivity contribution in [3.8, 4) is 0 Å². The van der Waals surface area contributed by atoms with Crippen LogP contribution in [0.25, 0.3) is 0 Å². The number of rotatable bonds is 7. The Balaban J connectivity index is 1.78. The second-order valence-electron chi connectivity index (χ2n) is 5.62. The van der Waals surface area contributed by atoms with Crippen LogP contribution in [0.15, 0.2) is 24.3 Å². The van der Waals surface area contributed by atoms with E-state index in [1.807, 2.05) is 31.2 Å². The fourth-order valence-electron chi connectivity index (χ4n) is 2.19. The van der Waals surface area contributed by atoms with E-state index in [-0.39, 0.29) is 5.91 Å². The molecule has 0 aromatic heterocycles. The van der Waals surface area contributed by atoms with Crippen molar-refractivity contribution in [2.24, 2.45) is 5.92 Å². The number of carbonyl (C=O) groups excluding carboxylic acids is 1. The molecule has 20 heavy (non-hydrogen) atoms. The highest BCUT2D eigenvalue weighted by molar-refractivity contribution is 5.83. The molecule has 1 aromatic rings. The topological polar surface area (TPSA) is 66.4 Å². The van der Waals surface area contributed by atoms with Crippen LogP contribution >= 0.6 is 0 Å². The van der Waals surface area contributed by atoms with Gasteiger partial charge in [0.2, 0.25) is 5.91 Å². The molecule has 108 valence electrons. The number of aliphatic carboxylic acids is 1. The van der Waals surface area contributed by atoms with Crippen LogP contribution in [0.1, 0.15) is 36.8 Å². The second-order valence-corrected chi connectivity index (χ2v) is 5.62. The monoisotopic (exact) mass is 275 g/mol. The van der Waals surface area contributed by atoms with E-state index in [0.717, 1.165) is 18.4 Å². The molecule has 1 fully saturated rings. The number of amides is 1. The van der Waals surface area contributed by atoms with Gasteiger partial charge in [0.05, 0.1) is 0 Å². The van der Waals surface area contributed by atoms with E-state index in [1.165, 1.54) is 5.56 Å². The Morgan fingerprint density at radius 1 is 1.30 bits per heavy atom. The van der Waals surface area contributed by atoms with Gasteiger partial charge in [-0.25, -0.2) is 4.79 Å². The van der Waals surface area contributed by atoms with Gasteiger partial charge in [0, 0.05) is 6.42 Å². The van der Waals surface area contributed by atoms with Crippen LogP contribution in [-0.2, 0) is 16.0 Å². The maximum Gasteiger partial charge on any atom is 0.326 e. The fourth-order valence-corrected chi connectivity index (χ4v) is 2.19. The van der Waals surface area contributed by atoms with Gasteiger partial charge in [0.15, 0.2) is 0 Å². The Hall–Kier alpha value is -1.84. The first-order valence-corrected chi connectivity index (χ1v) is 7.12.